The third kappa shape index (κ3) is 4.88. The van der Waals surface area contributed by atoms with Crippen LogP contribution in [-0.2, 0) is 12.8 Å². The number of aromatic nitrogens is 1. The zero-order chi connectivity index (χ0) is 16.0. The first-order valence-electron chi connectivity index (χ1n) is 8.10. The number of thioether (sulfide) groups is 1. The molecular formula is C16H28N4S2. The van der Waals surface area contributed by atoms with Gasteiger partial charge in [-0.3, -0.25) is 4.99 Å². The van der Waals surface area contributed by atoms with Gasteiger partial charge in [0.1, 0.15) is 0 Å². The lowest BCUT2D eigenvalue weighted by molar-refractivity contribution is 0.584. The van der Waals surface area contributed by atoms with E-state index in [0.29, 0.717) is 4.75 Å². The van der Waals surface area contributed by atoms with E-state index in [4.69, 9.17) is 0 Å². The highest BCUT2D eigenvalue weighted by molar-refractivity contribution is 8.00. The van der Waals surface area contributed by atoms with Gasteiger partial charge in [0.15, 0.2) is 5.96 Å². The molecule has 1 aliphatic rings. The molecule has 1 unspecified atom stereocenters. The Labute approximate surface area is 142 Å². The monoisotopic (exact) mass is 340 g/mol. The average molecular weight is 341 g/mol. The molecule has 0 amide bonds. The molecule has 2 heterocycles. The molecule has 0 bridgehead atoms. The molecule has 1 fully saturated rings. The molecule has 1 aliphatic heterocycles. The number of nitrogens with one attached hydrogen (secondary N) is 2. The van der Waals surface area contributed by atoms with Crippen molar-refractivity contribution in [2.24, 2.45) is 4.99 Å². The summed E-state index contributed by atoms with van der Waals surface area (Å²) >= 11 is 3.89. The molecular weight excluding hydrogens is 312 g/mol. The molecule has 1 aromatic rings. The normalized spacial score (nSPS) is 22.1. The highest BCUT2D eigenvalue weighted by Crippen LogP contribution is 2.36. The smallest absolute Gasteiger partial charge is 0.191 e. The van der Waals surface area contributed by atoms with Gasteiger partial charge >= 0.3 is 0 Å². The van der Waals surface area contributed by atoms with Crippen LogP contribution in [0.1, 0.15) is 42.3 Å². The second kappa shape index (κ2) is 8.20. The van der Waals surface area contributed by atoms with E-state index in [9.17, 15) is 0 Å². The van der Waals surface area contributed by atoms with E-state index in [0.717, 1.165) is 31.9 Å². The minimum absolute atomic E-state index is 0.361. The van der Waals surface area contributed by atoms with Crippen LogP contribution in [0.3, 0.4) is 0 Å². The van der Waals surface area contributed by atoms with E-state index in [2.05, 4.69) is 53.1 Å². The summed E-state index contributed by atoms with van der Waals surface area (Å²) in [4.78, 5) is 10.4. The average Bonchev–Trinajstić information content (AvgIpc) is 3.09. The lowest BCUT2D eigenvalue weighted by Crippen LogP contribution is -2.44. The molecule has 2 rings (SSSR count). The van der Waals surface area contributed by atoms with Crippen LogP contribution in [-0.4, -0.2) is 41.6 Å². The molecule has 2 N–H and O–H groups in total. The van der Waals surface area contributed by atoms with E-state index in [-0.39, 0.29) is 0 Å². The number of hydrogen-bond acceptors (Lipinski definition) is 4. The summed E-state index contributed by atoms with van der Waals surface area (Å²) in [5.41, 5.74) is 1.24. The van der Waals surface area contributed by atoms with Gasteiger partial charge in [-0.15, -0.1) is 11.3 Å². The van der Waals surface area contributed by atoms with Gasteiger partial charge in [0, 0.05) is 36.2 Å². The van der Waals surface area contributed by atoms with Gasteiger partial charge < -0.3 is 10.6 Å². The molecule has 0 aliphatic carbocycles. The summed E-state index contributed by atoms with van der Waals surface area (Å²) < 4.78 is 0.361. The fraction of sp³-hybridized carbons (Fsp3) is 0.750. The van der Waals surface area contributed by atoms with E-state index in [1.165, 1.54) is 34.2 Å². The Morgan fingerprint density at radius 2 is 2.23 bits per heavy atom. The largest absolute Gasteiger partial charge is 0.356 e. The Morgan fingerprint density at radius 3 is 2.82 bits per heavy atom. The number of hydrogen-bond donors (Lipinski definition) is 2. The molecule has 4 nitrogen and oxygen atoms in total. The SMILES string of the molecule is CCc1nc(CCNC(=NC)NCC2(C)CCCS2)sc1C. The lowest BCUT2D eigenvalue weighted by atomic mass is 10.1. The van der Waals surface area contributed by atoms with Crippen molar-refractivity contribution in [1.29, 1.82) is 0 Å². The first-order chi connectivity index (χ1) is 10.6. The van der Waals surface area contributed by atoms with Crippen LogP contribution in [0, 0.1) is 6.92 Å². The summed E-state index contributed by atoms with van der Waals surface area (Å²) in [6.07, 6.45) is 4.60. The summed E-state index contributed by atoms with van der Waals surface area (Å²) in [6, 6.07) is 0. The van der Waals surface area contributed by atoms with E-state index in [1.807, 2.05) is 18.4 Å². The summed E-state index contributed by atoms with van der Waals surface area (Å²) in [5.74, 6) is 2.19. The van der Waals surface area contributed by atoms with Crippen LogP contribution in [0.2, 0.25) is 0 Å². The zero-order valence-corrected chi connectivity index (χ0v) is 15.8. The van der Waals surface area contributed by atoms with Crippen LogP contribution in [0.4, 0.5) is 0 Å². The Hall–Kier alpha value is -0.750. The zero-order valence-electron chi connectivity index (χ0n) is 14.2. The second-order valence-electron chi connectivity index (χ2n) is 5.97. The third-order valence-electron chi connectivity index (χ3n) is 4.06. The van der Waals surface area contributed by atoms with Crippen molar-refractivity contribution in [2.45, 2.75) is 51.2 Å². The Bertz CT molecular complexity index is 504. The van der Waals surface area contributed by atoms with E-state index < -0.39 is 0 Å². The second-order valence-corrected chi connectivity index (χ2v) is 8.94. The molecule has 1 saturated heterocycles. The van der Waals surface area contributed by atoms with Crippen molar-refractivity contribution in [3.63, 3.8) is 0 Å². The predicted molar refractivity (Wildman–Crippen MR) is 99.4 cm³/mol. The molecule has 6 heteroatoms. The molecule has 0 aromatic carbocycles. The van der Waals surface area contributed by atoms with Gasteiger partial charge in [0.05, 0.1) is 10.7 Å². The Morgan fingerprint density at radius 1 is 1.41 bits per heavy atom. The van der Waals surface area contributed by atoms with Crippen molar-refractivity contribution in [2.75, 3.05) is 25.9 Å². The topological polar surface area (TPSA) is 49.3 Å². The van der Waals surface area contributed by atoms with Crippen LogP contribution in [0.25, 0.3) is 0 Å². The standard InChI is InChI=1S/C16H28N4S2/c1-5-13-12(2)22-14(20-13)7-9-18-15(17-4)19-11-16(3)8-6-10-21-16/h5-11H2,1-4H3,(H2,17,18,19). The highest BCUT2D eigenvalue weighted by Gasteiger charge is 2.29. The minimum Gasteiger partial charge on any atom is -0.356 e. The van der Waals surface area contributed by atoms with Gasteiger partial charge in [-0.1, -0.05) is 6.92 Å². The Kier molecular flexibility index (Phi) is 6.56. The van der Waals surface area contributed by atoms with Crippen molar-refractivity contribution in [3.05, 3.63) is 15.6 Å². The molecule has 1 aromatic heterocycles. The lowest BCUT2D eigenvalue weighted by Gasteiger charge is -2.24. The van der Waals surface area contributed by atoms with Crippen molar-refractivity contribution in [3.8, 4) is 0 Å². The molecule has 1 atom stereocenters. The minimum atomic E-state index is 0.361. The third-order valence-corrected chi connectivity index (χ3v) is 6.67. The van der Waals surface area contributed by atoms with E-state index >= 15 is 0 Å². The van der Waals surface area contributed by atoms with Crippen molar-refractivity contribution < 1.29 is 0 Å². The molecule has 0 spiro atoms. The number of guanidine groups is 1. The van der Waals surface area contributed by atoms with Crippen LogP contribution >= 0.6 is 23.1 Å². The number of thiazole rings is 1. The number of aryl methyl sites for hydroxylation is 2. The van der Waals surface area contributed by atoms with E-state index in [1.54, 1.807) is 0 Å². The van der Waals surface area contributed by atoms with Crippen LogP contribution in [0.5, 0.6) is 0 Å². The number of aliphatic imine (C=N–C) groups is 1. The first-order valence-corrected chi connectivity index (χ1v) is 9.90. The van der Waals surface area contributed by atoms with Crippen LogP contribution < -0.4 is 10.6 Å². The maximum absolute atomic E-state index is 4.69. The fourth-order valence-corrected chi connectivity index (χ4v) is 4.94. The maximum Gasteiger partial charge on any atom is 0.191 e. The molecule has 22 heavy (non-hydrogen) atoms. The summed E-state index contributed by atoms with van der Waals surface area (Å²) in [5, 5.41) is 8.09. The maximum atomic E-state index is 4.69. The summed E-state index contributed by atoms with van der Waals surface area (Å²) in [7, 11) is 1.84. The van der Waals surface area contributed by atoms with Gasteiger partial charge in [-0.25, -0.2) is 4.98 Å². The van der Waals surface area contributed by atoms with Crippen molar-refractivity contribution in [1.82, 2.24) is 15.6 Å². The molecule has 124 valence electrons. The quantitative estimate of drug-likeness (QED) is 0.617. The molecule has 0 saturated carbocycles. The van der Waals surface area contributed by atoms with Crippen molar-refractivity contribution >= 4 is 29.1 Å². The highest BCUT2D eigenvalue weighted by atomic mass is 32.2. The van der Waals surface area contributed by atoms with Gasteiger partial charge in [0.2, 0.25) is 0 Å². The van der Waals surface area contributed by atoms with Gasteiger partial charge in [-0.05, 0) is 38.9 Å². The number of nitrogens with zero attached hydrogens (tertiary/aromatic N) is 2. The van der Waals surface area contributed by atoms with Gasteiger partial charge in [0.25, 0.3) is 0 Å². The predicted octanol–water partition coefficient (Wildman–Crippen LogP) is 3.01. The summed E-state index contributed by atoms with van der Waals surface area (Å²) in [6.45, 7) is 8.52. The van der Waals surface area contributed by atoms with Gasteiger partial charge in [-0.2, -0.15) is 11.8 Å². The first kappa shape index (κ1) is 17.6. The fourth-order valence-electron chi connectivity index (χ4n) is 2.68. The number of rotatable bonds is 6. The Balaban J connectivity index is 1.74. The van der Waals surface area contributed by atoms with Crippen LogP contribution in [0.15, 0.2) is 4.99 Å². The molecule has 0 radical (unpaired) electrons.